The maximum atomic E-state index is 5.58. The summed E-state index contributed by atoms with van der Waals surface area (Å²) in [5, 5.41) is 4.56. The van der Waals surface area contributed by atoms with Gasteiger partial charge in [-0.1, -0.05) is 0 Å². The third kappa shape index (κ3) is 1.98. The van der Waals surface area contributed by atoms with Crippen molar-refractivity contribution in [1.82, 2.24) is 9.78 Å². The molecule has 2 N–H and O–H groups in total. The first-order valence-electron chi connectivity index (χ1n) is 5.13. The first kappa shape index (κ1) is 11.2. The van der Waals surface area contributed by atoms with Gasteiger partial charge < -0.3 is 5.73 Å². The molecule has 0 bridgehead atoms. The third-order valence-corrected chi connectivity index (χ3v) is 2.47. The van der Waals surface area contributed by atoms with Crippen molar-refractivity contribution < 1.29 is 0 Å². The number of nitrogens with two attached hydrogens (primary N) is 1. The zero-order valence-corrected chi connectivity index (χ0v) is 9.89. The lowest BCUT2D eigenvalue weighted by molar-refractivity contribution is 0.346. The Labute approximate surface area is 86.3 Å². The Balaban J connectivity index is 3.17. The van der Waals surface area contributed by atoms with Gasteiger partial charge in [-0.15, -0.1) is 0 Å². The third-order valence-electron chi connectivity index (χ3n) is 2.47. The standard InChI is InChI=1S/C11H21N3/c1-8-10(6-7-12)9(2)14(13-8)11(3,4)5/h6-7,12H2,1-5H3. The van der Waals surface area contributed by atoms with Crippen molar-refractivity contribution in [2.75, 3.05) is 6.54 Å². The minimum atomic E-state index is 0.0572. The van der Waals surface area contributed by atoms with Crippen LogP contribution in [0.25, 0.3) is 0 Å². The summed E-state index contributed by atoms with van der Waals surface area (Å²) in [5.41, 5.74) is 9.31. The van der Waals surface area contributed by atoms with Gasteiger partial charge >= 0.3 is 0 Å². The maximum Gasteiger partial charge on any atom is 0.0629 e. The number of aryl methyl sites for hydroxylation is 1. The lowest BCUT2D eigenvalue weighted by atomic mass is 10.1. The quantitative estimate of drug-likeness (QED) is 0.781. The molecule has 14 heavy (non-hydrogen) atoms. The molecule has 0 unspecified atom stereocenters. The van der Waals surface area contributed by atoms with Gasteiger partial charge in [-0.2, -0.15) is 5.10 Å². The summed E-state index contributed by atoms with van der Waals surface area (Å²) in [4.78, 5) is 0. The normalized spacial score (nSPS) is 12.1. The molecule has 0 saturated carbocycles. The second kappa shape index (κ2) is 3.73. The van der Waals surface area contributed by atoms with E-state index in [9.17, 15) is 0 Å². The fourth-order valence-electron chi connectivity index (χ4n) is 1.83. The molecular formula is C11H21N3. The van der Waals surface area contributed by atoms with Crippen LogP contribution in [0, 0.1) is 13.8 Å². The van der Waals surface area contributed by atoms with E-state index in [0.29, 0.717) is 6.54 Å². The highest BCUT2D eigenvalue weighted by molar-refractivity contribution is 5.25. The highest BCUT2D eigenvalue weighted by Crippen LogP contribution is 2.21. The van der Waals surface area contributed by atoms with Gasteiger partial charge in [0.2, 0.25) is 0 Å². The average Bonchev–Trinajstić information content (AvgIpc) is 2.31. The Morgan fingerprint density at radius 2 is 1.86 bits per heavy atom. The molecule has 0 aliphatic rings. The molecule has 1 heterocycles. The van der Waals surface area contributed by atoms with Crippen molar-refractivity contribution in [3.8, 4) is 0 Å². The lowest BCUT2D eigenvalue weighted by Gasteiger charge is -2.21. The number of hydrogen-bond acceptors (Lipinski definition) is 2. The maximum absolute atomic E-state index is 5.58. The van der Waals surface area contributed by atoms with Crippen LogP contribution in [0.15, 0.2) is 0 Å². The van der Waals surface area contributed by atoms with E-state index in [2.05, 4.69) is 44.4 Å². The summed E-state index contributed by atoms with van der Waals surface area (Å²) in [6.45, 7) is 11.4. The van der Waals surface area contributed by atoms with Crippen molar-refractivity contribution in [3.05, 3.63) is 17.0 Å². The van der Waals surface area contributed by atoms with Gasteiger partial charge in [0, 0.05) is 5.69 Å². The summed E-state index contributed by atoms with van der Waals surface area (Å²) in [7, 11) is 0. The number of nitrogens with zero attached hydrogens (tertiary/aromatic N) is 2. The van der Waals surface area contributed by atoms with Gasteiger partial charge in [0.1, 0.15) is 0 Å². The fourth-order valence-corrected chi connectivity index (χ4v) is 1.83. The molecule has 1 rings (SSSR count). The second-order valence-electron chi connectivity index (χ2n) is 4.77. The van der Waals surface area contributed by atoms with Gasteiger partial charge in [-0.25, -0.2) is 0 Å². The van der Waals surface area contributed by atoms with Crippen molar-refractivity contribution >= 4 is 0 Å². The minimum Gasteiger partial charge on any atom is -0.330 e. The van der Waals surface area contributed by atoms with E-state index in [4.69, 9.17) is 5.73 Å². The molecule has 0 aromatic carbocycles. The van der Waals surface area contributed by atoms with Crippen LogP contribution in [-0.2, 0) is 12.0 Å². The predicted molar refractivity (Wildman–Crippen MR) is 59.5 cm³/mol. The lowest BCUT2D eigenvalue weighted by Crippen LogP contribution is -2.24. The molecular weight excluding hydrogens is 174 g/mol. The first-order valence-corrected chi connectivity index (χ1v) is 5.13. The molecule has 0 amide bonds. The highest BCUT2D eigenvalue weighted by atomic mass is 15.3. The van der Waals surface area contributed by atoms with Crippen LogP contribution >= 0.6 is 0 Å². The van der Waals surface area contributed by atoms with E-state index in [1.807, 2.05) is 0 Å². The Kier molecular flexibility index (Phi) is 3.00. The van der Waals surface area contributed by atoms with Crippen molar-refractivity contribution in [2.45, 2.75) is 46.6 Å². The summed E-state index contributed by atoms with van der Waals surface area (Å²) in [6, 6.07) is 0. The number of aromatic nitrogens is 2. The second-order valence-corrected chi connectivity index (χ2v) is 4.77. The zero-order valence-electron chi connectivity index (χ0n) is 9.89. The largest absolute Gasteiger partial charge is 0.330 e. The van der Waals surface area contributed by atoms with E-state index in [1.54, 1.807) is 0 Å². The van der Waals surface area contributed by atoms with Crippen LogP contribution < -0.4 is 5.73 Å². The molecule has 1 aromatic heterocycles. The molecule has 3 nitrogen and oxygen atoms in total. The summed E-state index contributed by atoms with van der Waals surface area (Å²) >= 11 is 0. The molecule has 0 aliphatic heterocycles. The monoisotopic (exact) mass is 195 g/mol. The zero-order chi connectivity index (χ0) is 10.9. The predicted octanol–water partition coefficient (Wildman–Crippen LogP) is 1.76. The SMILES string of the molecule is Cc1nn(C(C)(C)C)c(C)c1CCN. The van der Waals surface area contributed by atoms with E-state index in [1.165, 1.54) is 11.3 Å². The highest BCUT2D eigenvalue weighted by Gasteiger charge is 2.19. The summed E-state index contributed by atoms with van der Waals surface area (Å²) in [6.07, 6.45) is 0.924. The first-order chi connectivity index (χ1) is 6.38. The van der Waals surface area contributed by atoms with Crippen LogP contribution in [-0.4, -0.2) is 16.3 Å². The van der Waals surface area contributed by atoms with E-state index in [-0.39, 0.29) is 5.54 Å². The molecule has 3 heteroatoms. The Hall–Kier alpha value is -0.830. The van der Waals surface area contributed by atoms with E-state index in [0.717, 1.165) is 12.1 Å². The average molecular weight is 195 g/mol. The van der Waals surface area contributed by atoms with E-state index >= 15 is 0 Å². The van der Waals surface area contributed by atoms with Crippen molar-refractivity contribution in [3.63, 3.8) is 0 Å². The molecule has 0 aliphatic carbocycles. The number of rotatable bonds is 2. The molecule has 0 atom stereocenters. The van der Waals surface area contributed by atoms with Gasteiger partial charge in [0.05, 0.1) is 11.2 Å². The van der Waals surface area contributed by atoms with Crippen LogP contribution in [0.5, 0.6) is 0 Å². The van der Waals surface area contributed by atoms with Crippen LogP contribution in [0.1, 0.15) is 37.7 Å². The Morgan fingerprint density at radius 3 is 2.21 bits per heavy atom. The van der Waals surface area contributed by atoms with Gasteiger partial charge in [0.25, 0.3) is 0 Å². The van der Waals surface area contributed by atoms with Crippen molar-refractivity contribution in [2.24, 2.45) is 5.73 Å². The molecule has 0 saturated heterocycles. The van der Waals surface area contributed by atoms with Crippen LogP contribution in [0.2, 0.25) is 0 Å². The van der Waals surface area contributed by atoms with Gasteiger partial charge in [-0.05, 0) is 53.1 Å². The smallest absolute Gasteiger partial charge is 0.0629 e. The molecule has 1 aromatic rings. The summed E-state index contributed by atoms with van der Waals surface area (Å²) < 4.78 is 2.09. The molecule has 0 radical (unpaired) electrons. The van der Waals surface area contributed by atoms with Crippen molar-refractivity contribution in [1.29, 1.82) is 0 Å². The molecule has 0 spiro atoms. The van der Waals surface area contributed by atoms with Gasteiger partial charge in [0.15, 0.2) is 0 Å². The Bertz CT molecular complexity index is 318. The topological polar surface area (TPSA) is 43.8 Å². The fraction of sp³-hybridized carbons (Fsp3) is 0.727. The minimum absolute atomic E-state index is 0.0572. The van der Waals surface area contributed by atoms with Crippen LogP contribution in [0.3, 0.4) is 0 Å². The Morgan fingerprint density at radius 1 is 1.29 bits per heavy atom. The van der Waals surface area contributed by atoms with E-state index < -0.39 is 0 Å². The van der Waals surface area contributed by atoms with Crippen LogP contribution in [0.4, 0.5) is 0 Å². The number of hydrogen-bond donors (Lipinski definition) is 1. The molecule has 0 fully saturated rings. The van der Waals surface area contributed by atoms with Gasteiger partial charge in [-0.3, -0.25) is 4.68 Å². The summed E-state index contributed by atoms with van der Waals surface area (Å²) in [5.74, 6) is 0. The molecule has 80 valence electrons.